The summed E-state index contributed by atoms with van der Waals surface area (Å²) in [4.78, 5) is 35.6. The molecule has 7 nitrogen and oxygen atoms in total. The summed E-state index contributed by atoms with van der Waals surface area (Å²) in [5.74, 6) is -6.51. The van der Waals surface area contributed by atoms with E-state index in [4.69, 9.17) is 9.84 Å². The molecule has 0 saturated heterocycles. The highest BCUT2D eigenvalue weighted by molar-refractivity contribution is 5.81. The van der Waals surface area contributed by atoms with Gasteiger partial charge in [0.25, 0.3) is 0 Å². The molecule has 1 aliphatic rings. The van der Waals surface area contributed by atoms with Gasteiger partial charge in [0, 0.05) is 19.0 Å². The molecule has 2 unspecified atom stereocenters. The molecule has 2 atom stereocenters. The molecule has 0 radical (unpaired) electrons. The van der Waals surface area contributed by atoms with E-state index in [1.807, 2.05) is 53.8 Å². The molecule has 0 aromatic heterocycles. The second-order valence-corrected chi connectivity index (χ2v) is 8.37. The largest absolute Gasteiger partial charge is 0.481 e. The Morgan fingerprint density at radius 2 is 1.54 bits per heavy atom. The first kappa shape index (κ1) is 26.1. The average Bonchev–Trinajstić information content (AvgIpc) is 3.13. The van der Waals surface area contributed by atoms with Gasteiger partial charge in [-0.3, -0.25) is 9.59 Å². The van der Waals surface area contributed by atoms with Crippen molar-refractivity contribution in [1.82, 2.24) is 10.6 Å². The zero-order chi connectivity index (χ0) is 25.6. The van der Waals surface area contributed by atoms with E-state index >= 15 is 0 Å². The Bertz CT molecular complexity index is 1030. The minimum atomic E-state index is -4.99. The molecular weight excluding hydrogens is 465 g/mol. The maximum atomic E-state index is 12.8. The third-order valence-electron chi connectivity index (χ3n) is 6.02. The number of hydrogen-bond acceptors (Lipinski definition) is 4. The number of nitrogens with one attached hydrogen (secondary N) is 2. The number of aliphatic carboxylic acids is 1. The van der Waals surface area contributed by atoms with Crippen LogP contribution in [0.15, 0.2) is 48.5 Å². The fraction of sp³-hybridized carbons (Fsp3) is 0.400. The molecule has 3 N–H and O–H groups in total. The van der Waals surface area contributed by atoms with Gasteiger partial charge in [0.05, 0.1) is 5.92 Å². The number of rotatable bonds is 10. The SMILES string of the molecule is CCCC(CNC(=O)OCC1c2ccccc2-c2ccccc21)C(=O)NCC(C(=O)O)C(F)(F)F. The van der Waals surface area contributed by atoms with Crippen molar-refractivity contribution >= 4 is 18.0 Å². The molecule has 0 aliphatic heterocycles. The molecule has 188 valence electrons. The van der Waals surface area contributed by atoms with Crippen molar-refractivity contribution in [2.75, 3.05) is 19.7 Å². The number of hydrogen-bond donors (Lipinski definition) is 3. The van der Waals surface area contributed by atoms with Crippen LogP contribution in [0.1, 0.15) is 36.8 Å². The molecule has 2 aromatic carbocycles. The van der Waals surface area contributed by atoms with Crippen LogP contribution in [0.3, 0.4) is 0 Å². The van der Waals surface area contributed by atoms with Crippen molar-refractivity contribution < 1.29 is 37.4 Å². The lowest BCUT2D eigenvalue weighted by Gasteiger charge is -2.20. The van der Waals surface area contributed by atoms with Crippen LogP contribution >= 0.6 is 0 Å². The number of carbonyl (C=O) groups is 3. The zero-order valence-corrected chi connectivity index (χ0v) is 19.1. The third kappa shape index (κ3) is 6.32. The van der Waals surface area contributed by atoms with Crippen molar-refractivity contribution in [2.24, 2.45) is 11.8 Å². The predicted octanol–water partition coefficient (Wildman–Crippen LogP) is 4.32. The molecule has 1 aliphatic carbocycles. The lowest BCUT2D eigenvalue weighted by molar-refractivity contribution is -0.192. The van der Waals surface area contributed by atoms with Crippen molar-refractivity contribution in [3.05, 3.63) is 59.7 Å². The Morgan fingerprint density at radius 3 is 2.06 bits per heavy atom. The van der Waals surface area contributed by atoms with Crippen molar-refractivity contribution in [2.45, 2.75) is 31.9 Å². The van der Waals surface area contributed by atoms with E-state index < -0.39 is 42.5 Å². The van der Waals surface area contributed by atoms with E-state index in [1.54, 1.807) is 6.92 Å². The molecule has 0 spiro atoms. The molecule has 3 rings (SSSR count). The predicted molar refractivity (Wildman–Crippen MR) is 122 cm³/mol. The fourth-order valence-corrected chi connectivity index (χ4v) is 4.22. The summed E-state index contributed by atoms with van der Waals surface area (Å²) in [6.45, 7) is 0.628. The van der Waals surface area contributed by atoms with Gasteiger partial charge in [-0.2, -0.15) is 13.2 Å². The first-order valence-electron chi connectivity index (χ1n) is 11.3. The number of carboxylic acids is 1. The molecule has 0 fully saturated rings. The summed E-state index contributed by atoms with van der Waals surface area (Å²) in [5, 5.41) is 13.3. The van der Waals surface area contributed by atoms with E-state index in [1.165, 1.54) is 0 Å². The van der Waals surface area contributed by atoms with Crippen LogP contribution in [0.25, 0.3) is 11.1 Å². The summed E-state index contributed by atoms with van der Waals surface area (Å²) in [6.07, 6.45) is -4.91. The number of halogens is 3. The van der Waals surface area contributed by atoms with Crippen LogP contribution in [0.5, 0.6) is 0 Å². The minimum absolute atomic E-state index is 0.0797. The highest BCUT2D eigenvalue weighted by Gasteiger charge is 2.45. The molecular formula is C25H27F3N2O5. The average molecular weight is 492 g/mol. The van der Waals surface area contributed by atoms with Gasteiger partial charge < -0.3 is 20.5 Å². The Hall–Kier alpha value is -3.56. The smallest absolute Gasteiger partial charge is 0.407 e. The van der Waals surface area contributed by atoms with E-state index in [-0.39, 0.29) is 19.1 Å². The lowest BCUT2D eigenvalue weighted by atomic mass is 9.98. The quantitative estimate of drug-likeness (QED) is 0.458. The number of ether oxygens (including phenoxy) is 1. The van der Waals surface area contributed by atoms with Crippen LogP contribution in [-0.4, -0.2) is 48.9 Å². The number of alkyl carbamates (subject to hydrolysis) is 1. The highest BCUT2D eigenvalue weighted by atomic mass is 19.4. The van der Waals surface area contributed by atoms with Crippen LogP contribution in [0, 0.1) is 11.8 Å². The van der Waals surface area contributed by atoms with Gasteiger partial charge in [-0.05, 0) is 28.7 Å². The highest BCUT2D eigenvalue weighted by Crippen LogP contribution is 2.44. The Labute approximate surface area is 200 Å². The van der Waals surface area contributed by atoms with Crippen molar-refractivity contribution in [3.8, 4) is 11.1 Å². The van der Waals surface area contributed by atoms with Gasteiger partial charge in [-0.25, -0.2) is 4.79 Å². The van der Waals surface area contributed by atoms with E-state index in [9.17, 15) is 27.6 Å². The first-order valence-corrected chi connectivity index (χ1v) is 11.3. The van der Waals surface area contributed by atoms with Gasteiger partial charge in [0.15, 0.2) is 5.92 Å². The first-order chi connectivity index (χ1) is 16.6. The molecule has 2 aromatic rings. The third-order valence-corrected chi connectivity index (χ3v) is 6.02. The standard InChI is InChI=1S/C25H27F3N2O5/c1-2-7-15(22(31)29-13-21(23(32)33)25(26,27)28)12-30-24(34)35-14-20-18-10-5-3-8-16(18)17-9-4-6-11-19(17)20/h3-6,8-11,15,20-21H,2,7,12-14H2,1H3,(H,29,31)(H,30,34)(H,32,33). The van der Waals surface area contributed by atoms with Crippen molar-refractivity contribution in [3.63, 3.8) is 0 Å². The number of fused-ring (bicyclic) bond motifs is 3. The number of carbonyl (C=O) groups excluding carboxylic acids is 2. The summed E-state index contributed by atoms with van der Waals surface area (Å²) < 4.78 is 43.9. The maximum Gasteiger partial charge on any atom is 0.407 e. The number of amides is 2. The molecule has 0 heterocycles. The van der Waals surface area contributed by atoms with Gasteiger partial charge >= 0.3 is 18.2 Å². The zero-order valence-electron chi connectivity index (χ0n) is 19.1. The monoisotopic (exact) mass is 492 g/mol. The molecule has 0 saturated carbocycles. The number of alkyl halides is 3. The topological polar surface area (TPSA) is 105 Å². The number of benzene rings is 2. The van der Waals surface area contributed by atoms with Crippen molar-refractivity contribution in [1.29, 1.82) is 0 Å². The van der Waals surface area contributed by atoms with E-state index in [0.717, 1.165) is 22.3 Å². The second kappa shape index (κ2) is 11.2. The van der Waals surface area contributed by atoms with Crippen LogP contribution < -0.4 is 10.6 Å². The molecule has 10 heteroatoms. The Kier molecular flexibility index (Phi) is 8.37. The fourth-order valence-electron chi connectivity index (χ4n) is 4.22. The van der Waals surface area contributed by atoms with Crippen LogP contribution in [-0.2, 0) is 14.3 Å². The Balaban J connectivity index is 1.55. The Morgan fingerprint density at radius 1 is 0.971 bits per heavy atom. The minimum Gasteiger partial charge on any atom is -0.481 e. The van der Waals surface area contributed by atoms with Gasteiger partial charge in [-0.15, -0.1) is 0 Å². The normalized spacial score (nSPS) is 14.4. The van der Waals surface area contributed by atoms with Crippen LogP contribution in [0.4, 0.5) is 18.0 Å². The summed E-state index contributed by atoms with van der Waals surface area (Å²) >= 11 is 0. The van der Waals surface area contributed by atoms with Gasteiger partial charge in [-0.1, -0.05) is 61.9 Å². The molecule has 35 heavy (non-hydrogen) atoms. The molecule has 2 amide bonds. The van der Waals surface area contributed by atoms with E-state index in [2.05, 4.69) is 5.32 Å². The van der Waals surface area contributed by atoms with Gasteiger partial charge in [0.1, 0.15) is 6.61 Å². The summed E-state index contributed by atoms with van der Waals surface area (Å²) in [7, 11) is 0. The molecule has 0 bridgehead atoms. The lowest BCUT2D eigenvalue weighted by Crippen LogP contribution is -2.45. The second-order valence-electron chi connectivity index (χ2n) is 8.37. The van der Waals surface area contributed by atoms with Gasteiger partial charge in [0.2, 0.25) is 5.91 Å². The summed E-state index contributed by atoms with van der Waals surface area (Å²) in [6, 6.07) is 15.7. The maximum absolute atomic E-state index is 12.8. The van der Waals surface area contributed by atoms with E-state index in [0.29, 0.717) is 12.8 Å². The summed E-state index contributed by atoms with van der Waals surface area (Å²) in [5.41, 5.74) is 4.25. The number of carboxylic acid groups (broad SMARTS) is 1. The van der Waals surface area contributed by atoms with Crippen LogP contribution in [0.2, 0.25) is 0 Å².